The summed E-state index contributed by atoms with van der Waals surface area (Å²) in [7, 11) is 8.02. The van der Waals surface area contributed by atoms with Crippen LogP contribution in [0.15, 0.2) is 17.1 Å². The largest absolute Gasteiger partial charge is 0.496 e. The highest BCUT2D eigenvalue weighted by Crippen LogP contribution is 2.34. The van der Waals surface area contributed by atoms with Crippen LogP contribution in [0.5, 0.6) is 17.2 Å². The molecule has 0 spiro atoms. The minimum absolute atomic E-state index is 0.0360. The Morgan fingerprint density at radius 1 is 1.11 bits per heavy atom. The molecule has 2 rings (SSSR count). The van der Waals surface area contributed by atoms with E-state index in [-0.39, 0.29) is 11.9 Å². The van der Waals surface area contributed by atoms with Crippen molar-refractivity contribution >= 4 is 11.9 Å². The van der Waals surface area contributed by atoms with Gasteiger partial charge in [-0.15, -0.1) is 0 Å². The fraction of sp³-hybridized carbons (Fsp3) is 0.579. The fourth-order valence-electron chi connectivity index (χ4n) is 3.25. The summed E-state index contributed by atoms with van der Waals surface area (Å²) in [6, 6.07) is 3.65. The van der Waals surface area contributed by atoms with Gasteiger partial charge in [0.25, 0.3) is 0 Å². The first-order valence-electron chi connectivity index (χ1n) is 8.90. The maximum absolute atomic E-state index is 11.7. The van der Waals surface area contributed by atoms with Gasteiger partial charge in [-0.05, 0) is 12.8 Å². The Bertz CT molecular complexity index is 644. The molecule has 1 heterocycles. The molecule has 0 unspecified atom stereocenters. The Kier molecular flexibility index (Phi) is 7.57. The number of ether oxygens (including phenoxy) is 4. The molecule has 1 fully saturated rings. The number of piperidine rings is 1. The maximum atomic E-state index is 11.7. The Labute approximate surface area is 160 Å². The Morgan fingerprint density at radius 2 is 1.70 bits per heavy atom. The normalized spacial score (nSPS) is 15.3. The van der Waals surface area contributed by atoms with Crippen LogP contribution in [-0.4, -0.2) is 65.4 Å². The van der Waals surface area contributed by atoms with Gasteiger partial charge in [-0.3, -0.25) is 9.79 Å². The summed E-state index contributed by atoms with van der Waals surface area (Å²) in [6.07, 6.45) is 1.51. The van der Waals surface area contributed by atoms with E-state index in [2.05, 4.69) is 15.2 Å². The highest BCUT2D eigenvalue weighted by molar-refractivity contribution is 5.80. The molecule has 1 aromatic rings. The van der Waals surface area contributed by atoms with E-state index in [0.717, 1.165) is 37.5 Å². The van der Waals surface area contributed by atoms with Gasteiger partial charge in [0, 0.05) is 32.3 Å². The van der Waals surface area contributed by atoms with Gasteiger partial charge >= 0.3 is 5.97 Å². The number of rotatable bonds is 6. The van der Waals surface area contributed by atoms with E-state index in [1.807, 2.05) is 12.1 Å². The lowest BCUT2D eigenvalue weighted by molar-refractivity contribution is -0.146. The van der Waals surface area contributed by atoms with Crippen molar-refractivity contribution in [2.24, 2.45) is 10.9 Å². The van der Waals surface area contributed by atoms with Crippen LogP contribution >= 0.6 is 0 Å². The third-order valence-electron chi connectivity index (χ3n) is 4.78. The van der Waals surface area contributed by atoms with E-state index in [4.69, 9.17) is 18.9 Å². The monoisotopic (exact) mass is 379 g/mol. The molecule has 1 N–H and O–H groups in total. The minimum atomic E-state index is -0.134. The predicted octanol–water partition coefficient (Wildman–Crippen LogP) is 1.67. The first-order valence-corrected chi connectivity index (χ1v) is 8.90. The molecule has 1 aromatic carbocycles. The summed E-state index contributed by atoms with van der Waals surface area (Å²) in [6.45, 7) is 1.98. The average molecular weight is 379 g/mol. The molecule has 8 heteroatoms. The quantitative estimate of drug-likeness (QED) is 0.457. The van der Waals surface area contributed by atoms with Crippen molar-refractivity contribution in [2.75, 3.05) is 48.6 Å². The summed E-state index contributed by atoms with van der Waals surface area (Å²) >= 11 is 0. The molecule has 150 valence electrons. The SMILES string of the molecule is CN=C(NCc1c(OC)cc(OC)cc1OC)N1CCC(C(=O)OC)CC1. The Balaban J connectivity index is 2.06. The molecule has 1 aliphatic heterocycles. The molecule has 27 heavy (non-hydrogen) atoms. The van der Waals surface area contributed by atoms with Gasteiger partial charge in [-0.2, -0.15) is 0 Å². The van der Waals surface area contributed by atoms with Crippen LogP contribution in [0.1, 0.15) is 18.4 Å². The lowest BCUT2D eigenvalue weighted by Crippen LogP contribution is -2.46. The smallest absolute Gasteiger partial charge is 0.308 e. The summed E-state index contributed by atoms with van der Waals surface area (Å²) in [5.74, 6) is 2.63. The summed E-state index contributed by atoms with van der Waals surface area (Å²) in [5.41, 5.74) is 0.881. The molecular weight excluding hydrogens is 350 g/mol. The molecule has 1 aliphatic rings. The van der Waals surface area contributed by atoms with Crippen LogP contribution in [0.25, 0.3) is 0 Å². The lowest BCUT2D eigenvalue weighted by atomic mass is 9.97. The number of guanidine groups is 1. The van der Waals surface area contributed by atoms with Gasteiger partial charge in [-0.25, -0.2) is 0 Å². The van der Waals surface area contributed by atoms with Gasteiger partial charge in [-0.1, -0.05) is 0 Å². The Morgan fingerprint density at radius 3 is 2.15 bits per heavy atom. The number of methoxy groups -OCH3 is 4. The van der Waals surface area contributed by atoms with Crippen molar-refractivity contribution in [3.63, 3.8) is 0 Å². The number of hydrogen-bond donors (Lipinski definition) is 1. The zero-order valence-electron chi connectivity index (χ0n) is 16.7. The summed E-state index contributed by atoms with van der Waals surface area (Å²) < 4.78 is 21.1. The zero-order valence-corrected chi connectivity index (χ0v) is 16.7. The molecular formula is C19H29N3O5. The van der Waals surface area contributed by atoms with E-state index in [1.165, 1.54) is 7.11 Å². The molecule has 8 nitrogen and oxygen atoms in total. The second-order valence-corrected chi connectivity index (χ2v) is 6.20. The van der Waals surface area contributed by atoms with E-state index in [1.54, 1.807) is 28.4 Å². The van der Waals surface area contributed by atoms with Crippen LogP contribution in [-0.2, 0) is 16.1 Å². The van der Waals surface area contributed by atoms with E-state index in [9.17, 15) is 4.79 Å². The number of aliphatic imine (C=N–C) groups is 1. The molecule has 0 aromatic heterocycles. The van der Waals surface area contributed by atoms with Crippen molar-refractivity contribution in [3.8, 4) is 17.2 Å². The number of benzene rings is 1. The van der Waals surface area contributed by atoms with E-state index >= 15 is 0 Å². The zero-order chi connectivity index (χ0) is 19.8. The predicted molar refractivity (Wildman–Crippen MR) is 103 cm³/mol. The van der Waals surface area contributed by atoms with Crippen LogP contribution in [0.2, 0.25) is 0 Å². The van der Waals surface area contributed by atoms with Crippen LogP contribution in [0.4, 0.5) is 0 Å². The van der Waals surface area contributed by atoms with Crippen molar-refractivity contribution < 1.29 is 23.7 Å². The fourth-order valence-corrected chi connectivity index (χ4v) is 3.25. The number of carbonyl (C=O) groups excluding carboxylic acids is 1. The van der Waals surface area contributed by atoms with Crippen LogP contribution in [0, 0.1) is 5.92 Å². The molecule has 0 amide bonds. The van der Waals surface area contributed by atoms with Gasteiger partial charge in [0.2, 0.25) is 0 Å². The average Bonchev–Trinajstić information content (AvgIpc) is 2.73. The summed E-state index contributed by atoms with van der Waals surface area (Å²) in [5, 5.41) is 3.36. The van der Waals surface area contributed by atoms with Crippen molar-refractivity contribution in [3.05, 3.63) is 17.7 Å². The second-order valence-electron chi connectivity index (χ2n) is 6.20. The standard InChI is InChI=1S/C19H29N3O5/c1-20-19(22-8-6-13(7-9-22)18(23)27-5)21-12-15-16(25-3)10-14(24-2)11-17(15)26-4/h10-11,13H,6-9,12H2,1-5H3,(H,20,21). The molecule has 0 atom stereocenters. The van der Waals surface area contributed by atoms with Crippen molar-refractivity contribution in [1.82, 2.24) is 10.2 Å². The van der Waals surface area contributed by atoms with Gasteiger partial charge < -0.3 is 29.2 Å². The third-order valence-corrected chi connectivity index (χ3v) is 4.78. The van der Waals surface area contributed by atoms with E-state index in [0.29, 0.717) is 23.8 Å². The highest BCUT2D eigenvalue weighted by atomic mass is 16.5. The van der Waals surface area contributed by atoms with Gasteiger partial charge in [0.1, 0.15) is 17.2 Å². The van der Waals surface area contributed by atoms with Gasteiger partial charge in [0.05, 0.1) is 46.5 Å². The molecule has 0 saturated carbocycles. The van der Waals surface area contributed by atoms with Gasteiger partial charge in [0.15, 0.2) is 5.96 Å². The van der Waals surface area contributed by atoms with E-state index < -0.39 is 0 Å². The molecule has 0 radical (unpaired) electrons. The molecule has 0 aliphatic carbocycles. The maximum Gasteiger partial charge on any atom is 0.308 e. The lowest BCUT2D eigenvalue weighted by Gasteiger charge is -2.33. The second kappa shape index (κ2) is 9.89. The number of nitrogens with one attached hydrogen (secondary N) is 1. The number of esters is 1. The molecule has 0 bridgehead atoms. The summed E-state index contributed by atoms with van der Waals surface area (Å²) in [4.78, 5) is 18.2. The minimum Gasteiger partial charge on any atom is -0.496 e. The number of hydrogen-bond acceptors (Lipinski definition) is 6. The third kappa shape index (κ3) is 4.96. The highest BCUT2D eigenvalue weighted by Gasteiger charge is 2.27. The number of nitrogens with zero attached hydrogens (tertiary/aromatic N) is 2. The number of likely N-dealkylation sites (tertiary alicyclic amines) is 1. The van der Waals surface area contributed by atoms with Crippen molar-refractivity contribution in [2.45, 2.75) is 19.4 Å². The van der Waals surface area contributed by atoms with Crippen LogP contribution in [0.3, 0.4) is 0 Å². The first-order chi connectivity index (χ1) is 13.1. The van der Waals surface area contributed by atoms with Crippen molar-refractivity contribution in [1.29, 1.82) is 0 Å². The van der Waals surface area contributed by atoms with Crippen LogP contribution < -0.4 is 19.5 Å². The number of carbonyl (C=O) groups is 1. The first kappa shape index (κ1) is 20.7. The Hall–Kier alpha value is -2.64. The topological polar surface area (TPSA) is 81.6 Å². The molecule has 1 saturated heterocycles.